The Bertz CT molecular complexity index is 314. The van der Waals surface area contributed by atoms with Gasteiger partial charge in [0.05, 0.1) is 0 Å². The van der Waals surface area contributed by atoms with E-state index in [9.17, 15) is 0 Å². The fourth-order valence-electron chi connectivity index (χ4n) is 1.65. The van der Waals surface area contributed by atoms with Crippen LogP contribution in [-0.4, -0.2) is 25.8 Å². The van der Waals surface area contributed by atoms with E-state index in [-0.39, 0.29) is 6.10 Å². The molecule has 0 fully saturated rings. The highest BCUT2D eigenvalue weighted by molar-refractivity contribution is 5.40. The summed E-state index contributed by atoms with van der Waals surface area (Å²) in [6, 6.07) is 7.82. The summed E-state index contributed by atoms with van der Waals surface area (Å²) >= 11 is 0. The van der Waals surface area contributed by atoms with Crippen molar-refractivity contribution in [1.29, 1.82) is 0 Å². The van der Waals surface area contributed by atoms with Crippen molar-refractivity contribution >= 4 is 0 Å². The molecule has 1 atom stereocenters. The first-order chi connectivity index (χ1) is 7.40. The van der Waals surface area contributed by atoms with Crippen molar-refractivity contribution in [3.05, 3.63) is 24.3 Å². The van der Waals surface area contributed by atoms with Crippen molar-refractivity contribution in [2.75, 3.05) is 19.7 Å². The van der Waals surface area contributed by atoms with E-state index in [1.807, 2.05) is 24.3 Å². The molecule has 0 saturated heterocycles. The van der Waals surface area contributed by atoms with Gasteiger partial charge in [0.15, 0.2) is 11.5 Å². The smallest absolute Gasteiger partial charge is 0.161 e. The van der Waals surface area contributed by atoms with E-state index in [0.717, 1.165) is 31.0 Å². The van der Waals surface area contributed by atoms with Gasteiger partial charge >= 0.3 is 0 Å². The standard InChI is InChI=1S/C12H17NO2/c1-2-13-8-7-10-9-14-11-5-3-4-6-12(11)15-10/h3-6,10,13H,2,7-9H2,1H3. The minimum atomic E-state index is 0.180. The van der Waals surface area contributed by atoms with Gasteiger partial charge in [-0.1, -0.05) is 19.1 Å². The predicted molar refractivity (Wildman–Crippen MR) is 59.5 cm³/mol. The Balaban J connectivity index is 1.88. The van der Waals surface area contributed by atoms with Crippen molar-refractivity contribution in [3.8, 4) is 11.5 Å². The van der Waals surface area contributed by atoms with Gasteiger partial charge in [0, 0.05) is 6.42 Å². The Morgan fingerprint density at radius 3 is 2.93 bits per heavy atom. The molecule has 3 nitrogen and oxygen atoms in total. The molecule has 0 aromatic heterocycles. The average Bonchev–Trinajstić information content (AvgIpc) is 2.29. The zero-order valence-corrected chi connectivity index (χ0v) is 9.03. The van der Waals surface area contributed by atoms with E-state index in [2.05, 4.69) is 12.2 Å². The lowest BCUT2D eigenvalue weighted by Gasteiger charge is -2.26. The largest absolute Gasteiger partial charge is 0.486 e. The SMILES string of the molecule is CCNCCC1COc2ccccc2O1. The van der Waals surface area contributed by atoms with Crippen molar-refractivity contribution in [2.24, 2.45) is 0 Å². The van der Waals surface area contributed by atoms with Gasteiger partial charge in [-0.3, -0.25) is 0 Å². The van der Waals surface area contributed by atoms with Gasteiger partial charge < -0.3 is 14.8 Å². The maximum absolute atomic E-state index is 5.81. The molecule has 0 bridgehead atoms. The van der Waals surface area contributed by atoms with Gasteiger partial charge in [-0.2, -0.15) is 0 Å². The molecule has 1 N–H and O–H groups in total. The Kier molecular flexibility index (Phi) is 3.45. The fourth-order valence-corrected chi connectivity index (χ4v) is 1.65. The lowest BCUT2D eigenvalue weighted by atomic mass is 10.2. The lowest BCUT2D eigenvalue weighted by molar-refractivity contribution is 0.0850. The Hall–Kier alpha value is -1.22. The Morgan fingerprint density at radius 2 is 2.13 bits per heavy atom. The zero-order valence-electron chi connectivity index (χ0n) is 9.03. The highest BCUT2D eigenvalue weighted by Crippen LogP contribution is 2.31. The van der Waals surface area contributed by atoms with Crippen LogP contribution >= 0.6 is 0 Å². The number of ether oxygens (including phenoxy) is 2. The highest BCUT2D eigenvalue weighted by Gasteiger charge is 2.19. The monoisotopic (exact) mass is 207 g/mol. The lowest BCUT2D eigenvalue weighted by Crippen LogP contribution is -2.32. The normalized spacial score (nSPS) is 18.9. The number of benzene rings is 1. The summed E-state index contributed by atoms with van der Waals surface area (Å²) in [5.74, 6) is 1.72. The van der Waals surface area contributed by atoms with E-state index in [1.54, 1.807) is 0 Å². The molecule has 2 rings (SSSR count). The first-order valence-electron chi connectivity index (χ1n) is 5.49. The molecule has 82 valence electrons. The molecule has 1 aromatic rings. The molecule has 0 radical (unpaired) electrons. The van der Waals surface area contributed by atoms with Crippen molar-refractivity contribution in [2.45, 2.75) is 19.4 Å². The molecule has 0 amide bonds. The first kappa shape index (κ1) is 10.3. The summed E-state index contributed by atoms with van der Waals surface area (Å²) in [4.78, 5) is 0. The van der Waals surface area contributed by atoms with Crippen LogP contribution in [0.4, 0.5) is 0 Å². The molecule has 15 heavy (non-hydrogen) atoms. The minimum absolute atomic E-state index is 0.180. The van der Waals surface area contributed by atoms with Crippen LogP contribution in [0.3, 0.4) is 0 Å². The molecule has 0 aliphatic carbocycles. The van der Waals surface area contributed by atoms with Crippen LogP contribution in [0.1, 0.15) is 13.3 Å². The second-order valence-corrected chi connectivity index (χ2v) is 3.64. The molecule has 1 aliphatic heterocycles. The summed E-state index contributed by atoms with van der Waals surface area (Å²) in [7, 11) is 0. The number of hydrogen-bond donors (Lipinski definition) is 1. The Morgan fingerprint density at radius 1 is 1.33 bits per heavy atom. The first-order valence-corrected chi connectivity index (χ1v) is 5.49. The second-order valence-electron chi connectivity index (χ2n) is 3.64. The maximum atomic E-state index is 5.81. The molecule has 0 spiro atoms. The number of rotatable bonds is 4. The van der Waals surface area contributed by atoms with Gasteiger partial charge in [0.2, 0.25) is 0 Å². The summed E-state index contributed by atoms with van der Waals surface area (Å²) in [6.07, 6.45) is 1.17. The van der Waals surface area contributed by atoms with Crippen LogP contribution in [0, 0.1) is 0 Å². The molecule has 0 saturated carbocycles. The third-order valence-corrected chi connectivity index (χ3v) is 2.46. The third-order valence-electron chi connectivity index (χ3n) is 2.46. The van der Waals surface area contributed by atoms with Crippen LogP contribution in [0.25, 0.3) is 0 Å². The minimum Gasteiger partial charge on any atom is -0.486 e. The van der Waals surface area contributed by atoms with Gasteiger partial charge in [0.1, 0.15) is 12.7 Å². The van der Waals surface area contributed by atoms with Gasteiger partial charge in [-0.25, -0.2) is 0 Å². The predicted octanol–water partition coefficient (Wildman–Crippen LogP) is 1.83. The van der Waals surface area contributed by atoms with Crippen LogP contribution in [0.5, 0.6) is 11.5 Å². The van der Waals surface area contributed by atoms with E-state index < -0.39 is 0 Å². The molecule has 1 aromatic carbocycles. The number of fused-ring (bicyclic) bond motifs is 1. The fraction of sp³-hybridized carbons (Fsp3) is 0.500. The topological polar surface area (TPSA) is 30.5 Å². The average molecular weight is 207 g/mol. The molecule has 1 heterocycles. The van der Waals surface area contributed by atoms with Crippen molar-refractivity contribution in [1.82, 2.24) is 5.32 Å². The number of hydrogen-bond acceptors (Lipinski definition) is 3. The van der Waals surface area contributed by atoms with Crippen LogP contribution in [-0.2, 0) is 0 Å². The second kappa shape index (κ2) is 5.03. The summed E-state index contributed by atoms with van der Waals surface area (Å²) in [6.45, 7) is 4.74. The van der Waals surface area contributed by atoms with Crippen LogP contribution in [0.15, 0.2) is 24.3 Å². The maximum Gasteiger partial charge on any atom is 0.161 e. The molecular weight excluding hydrogens is 190 g/mol. The van der Waals surface area contributed by atoms with E-state index in [0.29, 0.717) is 6.61 Å². The van der Waals surface area contributed by atoms with Gasteiger partial charge in [-0.15, -0.1) is 0 Å². The van der Waals surface area contributed by atoms with E-state index in [1.165, 1.54) is 0 Å². The van der Waals surface area contributed by atoms with E-state index in [4.69, 9.17) is 9.47 Å². The zero-order chi connectivity index (χ0) is 10.5. The number of para-hydroxylation sites is 2. The third kappa shape index (κ3) is 2.63. The highest BCUT2D eigenvalue weighted by atomic mass is 16.6. The van der Waals surface area contributed by atoms with Gasteiger partial charge in [0.25, 0.3) is 0 Å². The van der Waals surface area contributed by atoms with Gasteiger partial charge in [-0.05, 0) is 25.2 Å². The quantitative estimate of drug-likeness (QED) is 0.764. The van der Waals surface area contributed by atoms with Crippen LogP contribution < -0.4 is 14.8 Å². The van der Waals surface area contributed by atoms with Crippen LogP contribution in [0.2, 0.25) is 0 Å². The summed E-state index contributed by atoms with van der Waals surface area (Å²) in [5, 5.41) is 3.28. The number of nitrogens with one attached hydrogen (secondary N) is 1. The molecule has 1 aliphatic rings. The van der Waals surface area contributed by atoms with Crippen molar-refractivity contribution < 1.29 is 9.47 Å². The van der Waals surface area contributed by atoms with Crippen molar-refractivity contribution in [3.63, 3.8) is 0 Å². The Labute approximate surface area is 90.4 Å². The molecule has 3 heteroatoms. The molecule has 1 unspecified atom stereocenters. The summed E-state index contributed by atoms with van der Waals surface area (Å²) < 4.78 is 11.4. The molecular formula is C12H17NO2. The summed E-state index contributed by atoms with van der Waals surface area (Å²) in [5.41, 5.74) is 0. The van der Waals surface area contributed by atoms with E-state index >= 15 is 0 Å².